The van der Waals surface area contributed by atoms with Gasteiger partial charge in [0.15, 0.2) is 0 Å². The number of hydrogen-bond acceptors (Lipinski definition) is 4. The van der Waals surface area contributed by atoms with Crippen LogP contribution in [0.25, 0.3) is 0 Å². The Morgan fingerprint density at radius 2 is 1.64 bits per heavy atom. The molecule has 0 radical (unpaired) electrons. The third-order valence-electron chi connectivity index (χ3n) is 5.25. The molecule has 0 aliphatic rings. The van der Waals surface area contributed by atoms with Gasteiger partial charge in [-0.1, -0.05) is 41.4 Å². The van der Waals surface area contributed by atoms with Crippen molar-refractivity contribution in [2.24, 2.45) is 0 Å². The molecule has 0 aliphatic heterocycles. The number of amides is 1. The minimum Gasteiger partial charge on any atom is -0.354 e. The van der Waals surface area contributed by atoms with E-state index < -0.39 is 10.0 Å². The summed E-state index contributed by atoms with van der Waals surface area (Å²) in [6.45, 7) is 5.80. The SMILES string of the molecule is Cc1ccc(S(=O)(=O)N(CC(=O)NCCSc2ccc(Cl)cc2)c2cccc(C)c2C)cc1. The van der Waals surface area contributed by atoms with Crippen LogP contribution >= 0.6 is 23.4 Å². The van der Waals surface area contributed by atoms with Crippen LogP contribution in [-0.2, 0) is 14.8 Å². The van der Waals surface area contributed by atoms with E-state index in [1.807, 2.05) is 51.1 Å². The summed E-state index contributed by atoms with van der Waals surface area (Å²) in [7, 11) is -3.93. The van der Waals surface area contributed by atoms with E-state index in [9.17, 15) is 13.2 Å². The quantitative estimate of drug-likeness (QED) is 0.315. The predicted octanol–water partition coefficient (Wildman–Crippen LogP) is 5.37. The molecule has 3 aromatic carbocycles. The molecule has 174 valence electrons. The lowest BCUT2D eigenvalue weighted by molar-refractivity contribution is -0.119. The molecular weight excluding hydrogens is 476 g/mol. The second-order valence-electron chi connectivity index (χ2n) is 7.70. The van der Waals surface area contributed by atoms with Gasteiger partial charge >= 0.3 is 0 Å². The van der Waals surface area contributed by atoms with E-state index in [1.165, 1.54) is 4.31 Å². The highest BCUT2D eigenvalue weighted by Crippen LogP contribution is 2.28. The topological polar surface area (TPSA) is 66.5 Å². The number of benzene rings is 3. The van der Waals surface area contributed by atoms with Crippen LogP contribution < -0.4 is 9.62 Å². The molecule has 0 saturated heterocycles. The number of carbonyl (C=O) groups excluding carboxylic acids is 1. The summed E-state index contributed by atoms with van der Waals surface area (Å²) in [5.74, 6) is 0.296. The normalized spacial score (nSPS) is 11.3. The summed E-state index contributed by atoms with van der Waals surface area (Å²) in [4.78, 5) is 14.0. The second-order valence-corrected chi connectivity index (χ2v) is 11.2. The molecule has 0 aliphatic carbocycles. The van der Waals surface area contributed by atoms with Crippen molar-refractivity contribution >= 4 is 45.0 Å². The maximum Gasteiger partial charge on any atom is 0.264 e. The highest BCUT2D eigenvalue weighted by atomic mass is 35.5. The first-order valence-corrected chi connectivity index (χ1v) is 13.3. The number of anilines is 1. The fraction of sp³-hybridized carbons (Fsp3) is 0.240. The molecule has 0 unspecified atom stereocenters. The van der Waals surface area contributed by atoms with E-state index in [0.717, 1.165) is 21.6 Å². The highest BCUT2D eigenvalue weighted by Gasteiger charge is 2.28. The molecule has 0 heterocycles. The van der Waals surface area contributed by atoms with Crippen LogP contribution in [0.4, 0.5) is 5.69 Å². The van der Waals surface area contributed by atoms with Gasteiger partial charge in [0.25, 0.3) is 10.0 Å². The predicted molar refractivity (Wildman–Crippen MR) is 137 cm³/mol. The number of halogens is 1. The molecule has 3 rings (SSSR count). The lowest BCUT2D eigenvalue weighted by atomic mass is 10.1. The van der Waals surface area contributed by atoms with Crippen molar-refractivity contribution in [2.75, 3.05) is 23.1 Å². The molecular formula is C25H27ClN2O3S2. The van der Waals surface area contributed by atoms with E-state index >= 15 is 0 Å². The average Bonchev–Trinajstić information content (AvgIpc) is 2.78. The smallest absolute Gasteiger partial charge is 0.264 e. The second kappa shape index (κ2) is 11.1. The third kappa shape index (κ3) is 6.53. The van der Waals surface area contributed by atoms with Gasteiger partial charge < -0.3 is 5.32 Å². The fourth-order valence-corrected chi connectivity index (χ4v) is 5.59. The van der Waals surface area contributed by atoms with Crippen molar-refractivity contribution < 1.29 is 13.2 Å². The maximum atomic E-state index is 13.5. The largest absolute Gasteiger partial charge is 0.354 e. The van der Waals surface area contributed by atoms with E-state index in [0.29, 0.717) is 23.0 Å². The summed E-state index contributed by atoms with van der Waals surface area (Å²) in [5.41, 5.74) is 3.24. The molecule has 0 fully saturated rings. The van der Waals surface area contributed by atoms with Crippen LogP contribution in [-0.4, -0.2) is 33.2 Å². The average molecular weight is 503 g/mol. The van der Waals surface area contributed by atoms with Crippen LogP contribution in [0, 0.1) is 20.8 Å². The van der Waals surface area contributed by atoms with Crippen molar-refractivity contribution in [3.63, 3.8) is 0 Å². The molecule has 33 heavy (non-hydrogen) atoms. The Kier molecular flexibility index (Phi) is 8.46. The van der Waals surface area contributed by atoms with Crippen molar-refractivity contribution in [1.29, 1.82) is 0 Å². The van der Waals surface area contributed by atoms with Crippen LogP contribution in [0.3, 0.4) is 0 Å². The zero-order valence-electron chi connectivity index (χ0n) is 18.8. The van der Waals surface area contributed by atoms with Gasteiger partial charge in [0.05, 0.1) is 10.6 Å². The van der Waals surface area contributed by atoms with Gasteiger partial charge in [-0.15, -0.1) is 11.8 Å². The van der Waals surface area contributed by atoms with E-state index in [-0.39, 0.29) is 17.3 Å². The standard InChI is InChI=1S/C25H27ClN2O3S2/c1-18-7-13-23(14-8-18)33(30,31)28(24-6-4-5-19(2)20(24)3)17-25(29)27-15-16-32-22-11-9-21(26)10-12-22/h4-14H,15-17H2,1-3H3,(H,27,29). The molecule has 0 atom stereocenters. The summed E-state index contributed by atoms with van der Waals surface area (Å²) in [5, 5.41) is 3.51. The molecule has 8 heteroatoms. The van der Waals surface area contributed by atoms with E-state index in [1.54, 1.807) is 48.2 Å². The third-order valence-corrected chi connectivity index (χ3v) is 8.29. The van der Waals surface area contributed by atoms with E-state index in [2.05, 4.69) is 5.32 Å². The zero-order chi connectivity index (χ0) is 24.0. The van der Waals surface area contributed by atoms with Gasteiger partial charge in [0.1, 0.15) is 6.54 Å². The zero-order valence-corrected chi connectivity index (χ0v) is 21.2. The molecule has 0 aromatic heterocycles. The summed E-state index contributed by atoms with van der Waals surface area (Å²) >= 11 is 7.49. The van der Waals surface area contributed by atoms with Gasteiger partial charge in [0, 0.05) is 22.2 Å². The number of sulfonamides is 1. The van der Waals surface area contributed by atoms with Crippen LogP contribution in [0.1, 0.15) is 16.7 Å². The first kappa shape index (κ1) is 25.1. The molecule has 1 amide bonds. The highest BCUT2D eigenvalue weighted by molar-refractivity contribution is 7.99. The molecule has 5 nitrogen and oxygen atoms in total. The van der Waals surface area contributed by atoms with Crippen molar-refractivity contribution in [2.45, 2.75) is 30.6 Å². The molecule has 0 bridgehead atoms. The number of carbonyl (C=O) groups is 1. The molecule has 3 aromatic rings. The van der Waals surface area contributed by atoms with Gasteiger partial charge in [-0.2, -0.15) is 0 Å². The van der Waals surface area contributed by atoms with Crippen molar-refractivity contribution in [3.8, 4) is 0 Å². The number of nitrogens with one attached hydrogen (secondary N) is 1. The number of rotatable bonds is 9. The number of thioether (sulfide) groups is 1. The van der Waals surface area contributed by atoms with Gasteiger partial charge in [0.2, 0.25) is 5.91 Å². The number of nitrogens with zero attached hydrogens (tertiary/aromatic N) is 1. The van der Waals surface area contributed by atoms with Crippen molar-refractivity contribution in [3.05, 3.63) is 88.4 Å². The fourth-order valence-electron chi connectivity index (χ4n) is 3.22. The maximum absolute atomic E-state index is 13.5. The summed E-state index contributed by atoms with van der Waals surface area (Å²) in [6.07, 6.45) is 0. The van der Waals surface area contributed by atoms with Crippen LogP contribution in [0.2, 0.25) is 5.02 Å². The Labute approximate surface area is 205 Å². The monoisotopic (exact) mass is 502 g/mol. The van der Waals surface area contributed by atoms with Crippen LogP contribution in [0.15, 0.2) is 76.5 Å². The molecule has 0 spiro atoms. The lowest BCUT2D eigenvalue weighted by Gasteiger charge is -2.26. The summed E-state index contributed by atoms with van der Waals surface area (Å²) in [6, 6.07) is 19.6. The Balaban J connectivity index is 1.75. The minimum atomic E-state index is -3.93. The van der Waals surface area contributed by atoms with Gasteiger partial charge in [-0.05, 0) is 74.4 Å². The molecule has 1 N–H and O–H groups in total. The Morgan fingerprint density at radius 1 is 0.970 bits per heavy atom. The van der Waals surface area contributed by atoms with Crippen molar-refractivity contribution in [1.82, 2.24) is 5.32 Å². The minimum absolute atomic E-state index is 0.153. The Hall–Kier alpha value is -2.48. The first-order chi connectivity index (χ1) is 15.7. The Morgan fingerprint density at radius 3 is 2.30 bits per heavy atom. The van der Waals surface area contributed by atoms with Gasteiger partial charge in [-0.25, -0.2) is 8.42 Å². The number of aryl methyl sites for hydroxylation is 2. The number of hydrogen-bond donors (Lipinski definition) is 1. The van der Waals surface area contributed by atoms with Crippen LogP contribution in [0.5, 0.6) is 0 Å². The lowest BCUT2D eigenvalue weighted by Crippen LogP contribution is -2.41. The molecule has 0 saturated carbocycles. The summed E-state index contributed by atoms with van der Waals surface area (Å²) < 4.78 is 28.2. The Bertz CT molecular complexity index is 1210. The van der Waals surface area contributed by atoms with Gasteiger partial charge in [-0.3, -0.25) is 9.10 Å². The first-order valence-electron chi connectivity index (χ1n) is 10.5. The van der Waals surface area contributed by atoms with E-state index in [4.69, 9.17) is 11.6 Å².